The van der Waals surface area contributed by atoms with Gasteiger partial charge in [0.25, 0.3) is 5.56 Å². The van der Waals surface area contributed by atoms with Gasteiger partial charge in [0.15, 0.2) is 0 Å². The molecule has 2 aromatic rings. The summed E-state index contributed by atoms with van der Waals surface area (Å²) >= 11 is 0. The standard InChI is InChI=1S/C20H27N5O3/c1-15(26)25-6-5-20(28,13-25)12-23-7-9-24(10-8-23)16-3-4-17-18(11-16)21-14-22(2)19(17)27/h3-4,11,14,28H,5-10,12-13H2,1-2H3. The van der Waals surface area contributed by atoms with Crippen LogP contribution in [0, 0.1) is 0 Å². The second-order valence-electron chi connectivity index (χ2n) is 8.04. The SMILES string of the molecule is CC(=O)N1CCC(O)(CN2CCN(c3ccc4c(=O)n(C)cnc4c3)CC2)C1. The fourth-order valence-electron chi connectivity index (χ4n) is 4.23. The molecule has 3 heterocycles. The van der Waals surface area contributed by atoms with Crippen LogP contribution >= 0.6 is 0 Å². The highest BCUT2D eigenvalue weighted by Crippen LogP contribution is 2.25. The summed E-state index contributed by atoms with van der Waals surface area (Å²) in [4.78, 5) is 34.4. The molecule has 0 saturated carbocycles. The van der Waals surface area contributed by atoms with Crippen molar-refractivity contribution in [3.63, 3.8) is 0 Å². The number of aliphatic hydroxyl groups is 1. The van der Waals surface area contributed by atoms with E-state index >= 15 is 0 Å². The monoisotopic (exact) mass is 385 g/mol. The number of carbonyl (C=O) groups is 1. The van der Waals surface area contributed by atoms with Gasteiger partial charge in [-0.2, -0.15) is 0 Å². The zero-order valence-corrected chi connectivity index (χ0v) is 16.5. The van der Waals surface area contributed by atoms with Gasteiger partial charge in [0.05, 0.1) is 29.4 Å². The lowest BCUT2D eigenvalue weighted by Crippen LogP contribution is -2.53. The van der Waals surface area contributed by atoms with Crippen LogP contribution in [0.15, 0.2) is 29.3 Å². The number of rotatable bonds is 3. The molecule has 0 spiro atoms. The highest BCUT2D eigenvalue weighted by Gasteiger charge is 2.39. The van der Waals surface area contributed by atoms with E-state index in [9.17, 15) is 14.7 Å². The van der Waals surface area contributed by atoms with E-state index in [1.54, 1.807) is 25.2 Å². The number of benzene rings is 1. The molecule has 2 saturated heterocycles. The molecule has 8 nitrogen and oxygen atoms in total. The van der Waals surface area contributed by atoms with Gasteiger partial charge in [-0.15, -0.1) is 0 Å². The Kier molecular flexibility index (Phi) is 4.84. The minimum Gasteiger partial charge on any atom is -0.387 e. The van der Waals surface area contributed by atoms with Crippen molar-refractivity contribution in [2.75, 3.05) is 50.7 Å². The van der Waals surface area contributed by atoms with E-state index in [-0.39, 0.29) is 11.5 Å². The van der Waals surface area contributed by atoms with Crippen molar-refractivity contribution in [1.82, 2.24) is 19.4 Å². The number of hydrogen-bond donors (Lipinski definition) is 1. The number of anilines is 1. The van der Waals surface area contributed by atoms with Gasteiger partial charge in [0.1, 0.15) is 0 Å². The van der Waals surface area contributed by atoms with E-state index in [1.807, 2.05) is 18.2 Å². The summed E-state index contributed by atoms with van der Waals surface area (Å²) in [5.41, 5.74) is 0.939. The van der Waals surface area contributed by atoms with Gasteiger partial charge in [-0.1, -0.05) is 0 Å². The largest absolute Gasteiger partial charge is 0.387 e. The molecule has 1 unspecified atom stereocenters. The highest BCUT2D eigenvalue weighted by molar-refractivity contribution is 5.81. The molecule has 2 aliphatic heterocycles. The molecule has 2 aliphatic rings. The highest BCUT2D eigenvalue weighted by atomic mass is 16.3. The van der Waals surface area contributed by atoms with Crippen molar-refractivity contribution in [1.29, 1.82) is 0 Å². The van der Waals surface area contributed by atoms with Gasteiger partial charge in [0, 0.05) is 58.9 Å². The van der Waals surface area contributed by atoms with E-state index in [1.165, 1.54) is 4.57 Å². The molecule has 2 fully saturated rings. The van der Waals surface area contributed by atoms with Crippen LogP contribution in [0.4, 0.5) is 5.69 Å². The maximum atomic E-state index is 12.2. The van der Waals surface area contributed by atoms with Gasteiger partial charge in [0.2, 0.25) is 5.91 Å². The predicted molar refractivity (Wildman–Crippen MR) is 107 cm³/mol. The number of amides is 1. The van der Waals surface area contributed by atoms with Gasteiger partial charge < -0.3 is 19.5 Å². The van der Waals surface area contributed by atoms with Gasteiger partial charge in [-0.3, -0.25) is 14.5 Å². The smallest absolute Gasteiger partial charge is 0.260 e. The molecule has 150 valence electrons. The summed E-state index contributed by atoms with van der Waals surface area (Å²) in [6.07, 6.45) is 2.19. The molecule has 0 radical (unpaired) electrons. The van der Waals surface area contributed by atoms with Crippen LogP contribution in [0.2, 0.25) is 0 Å². The van der Waals surface area contributed by atoms with Crippen LogP contribution in [-0.4, -0.2) is 81.8 Å². The number of β-amino-alcohol motifs (C(OH)–C–C–N with tert-alkyl or cyclic N) is 1. The van der Waals surface area contributed by atoms with Gasteiger partial charge in [-0.25, -0.2) is 4.98 Å². The van der Waals surface area contributed by atoms with Crippen LogP contribution in [0.25, 0.3) is 10.9 Å². The molecule has 4 rings (SSSR count). The second kappa shape index (κ2) is 7.18. The van der Waals surface area contributed by atoms with Crippen molar-refractivity contribution in [2.24, 2.45) is 7.05 Å². The quantitative estimate of drug-likeness (QED) is 0.803. The lowest BCUT2D eigenvalue weighted by atomic mass is 10.0. The number of nitrogens with zero attached hydrogens (tertiary/aromatic N) is 5. The number of carbonyl (C=O) groups excluding carboxylic acids is 1. The van der Waals surface area contributed by atoms with Crippen LogP contribution in [0.5, 0.6) is 0 Å². The third kappa shape index (κ3) is 3.62. The van der Waals surface area contributed by atoms with E-state index < -0.39 is 5.60 Å². The van der Waals surface area contributed by atoms with Gasteiger partial charge in [-0.05, 0) is 24.6 Å². The average Bonchev–Trinajstić information content (AvgIpc) is 3.07. The second-order valence-corrected chi connectivity index (χ2v) is 8.04. The van der Waals surface area contributed by atoms with Gasteiger partial charge >= 0.3 is 0 Å². The topological polar surface area (TPSA) is 81.9 Å². The fourth-order valence-corrected chi connectivity index (χ4v) is 4.23. The first-order valence-corrected chi connectivity index (χ1v) is 9.75. The zero-order valence-electron chi connectivity index (χ0n) is 16.5. The number of hydrogen-bond acceptors (Lipinski definition) is 6. The fraction of sp³-hybridized carbons (Fsp3) is 0.550. The van der Waals surface area contributed by atoms with Crippen molar-refractivity contribution in [3.05, 3.63) is 34.9 Å². The molecule has 28 heavy (non-hydrogen) atoms. The Morgan fingerprint density at radius 2 is 1.96 bits per heavy atom. The average molecular weight is 385 g/mol. The number of likely N-dealkylation sites (tertiary alicyclic amines) is 1. The van der Waals surface area contributed by atoms with Crippen molar-refractivity contribution in [2.45, 2.75) is 18.9 Å². The van der Waals surface area contributed by atoms with Crippen LogP contribution in [0.3, 0.4) is 0 Å². The number of aryl methyl sites for hydroxylation is 1. The van der Waals surface area contributed by atoms with Crippen LogP contribution < -0.4 is 10.5 Å². The normalized spacial score (nSPS) is 23.5. The Balaban J connectivity index is 1.39. The van der Waals surface area contributed by atoms with Crippen LogP contribution in [0.1, 0.15) is 13.3 Å². The first kappa shape index (κ1) is 18.9. The molecule has 8 heteroatoms. The first-order chi connectivity index (χ1) is 13.3. The summed E-state index contributed by atoms with van der Waals surface area (Å²) in [5.74, 6) is 0.0282. The van der Waals surface area contributed by atoms with E-state index in [0.29, 0.717) is 37.0 Å². The molecule has 1 aromatic heterocycles. The Morgan fingerprint density at radius 1 is 1.21 bits per heavy atom. The molecule has 1 aromatic carbocycles. The first-order valence-electron chi connectivity index (χ1n) is 9.75. The summed E-state index contributed by atoms with van der Waals surface area (Å²) in [7, 11) is 1.70. The molecule has 1 atom stereocenters. The number of fused-ring (bicyclic) bond motifs is 1. The van der Waals surface area contributed by atoms with E-state index in [2.05, 4.69) is 14.8 Å². The summed E-state index contributed by atoms with van der Waals surface area (Å²) < 4.78 is 1.49. The summed E-state index contributed by atoms with van der Waals surface area (Å²) in [5, 5.41) is 11.5. The minimum atomic E-state index is -0.805. The Labute approximate surface area is 164 Å². The minimum absolute atomic E-state index is 0.0282. The third-order valence-corrected chi connectivity index (χ3v) is 5.94. The summed E-state index contributed by atoms with van der Waals surface area (Å²) in [6.45, 7) is 6.61. The lowest BCUT2D eigenvalue weighted by molar-refractivity contribution is -0.128. The van der Waals surface area contributed by atoms with Crippen molar-refractivity contribution in [3.8, 4) is 0 Å². The Bertz CT molecular complexity index is 950. The van der Waals surface area contributed by atoms with Crippen molar-refractivity contribution >= 4 is 22.5 Å². The Morgan fingerprint density at radius 3 is 2.64 bits per heavy atom. The molecule has 0 aliphatic carbocycles. The maximum Gasteiger partial charge on any atom is 0.260 e. The molecule has 1 amide bonds. The number of aromatic nitrogens is 2. The molecular weight excluding hydrogens is 358 g/mol. The molecule has 1 N–H and O–H groups in total. The third-order valence-electron chi connectivity index (χ3n) is 5.94. The maximum absolute atomic E-state index is 12.2. The lowest BCUT2D eigenvalue weighted by Gasteiger charge is -2.39. The number of piperazine rings is 1. The molecular formula is C20H27N5O3. The zero-order chi connectivity index (χ0) is 19.9. The predicted octanol–water partition coefficient (Wildman–Crippen LogP) is 0.0388. The Hall–Kier alpha value is -2.45. The van der Waals surface area contributed by atoms with Crippen LogP contribution in [-0.2, 0) is 11.8 Å². The van der Waals surface area contributed by atoms with E-state index in [4.69, 9.17) is 0 Å². The molecule has 0 bridgehead atoms. The van der Waals surface area contributed by atoms with E-state index in [0.717, 1.165) is 31.9 Å². The van der Waals surface area contributed by atoms with Crippen molar-refractivity contribution < 1.29 is 9.90 Å². The summed E-state index contributed by atoms with van der Waals surface area (Å²) in [6, 6.07) is 5.81.